The molecule has 0 aliphatic carbocycles. The minimum atomic E-state index is -0.715. The number of aromatic amines is 1. The van der Waals surface area contributed by atoms with E-state index in [4.69, 9.17) is 10.5 Å². The second-order valence-corrected chi connectivity index (χ2v) is 5.75. The second-order valence-electron chi connectivity index (χ2n) is 5.75. The van der Waals surface area contributed by atoms with Crippen molar-refractivity contribution in [3.8, 4) is 0 Å². The van der Waals surface area contributed by atoms with E-state index in [1.807, 2.05) is 0 Å². The largest absolute Gasteiger partial charge is 0.454 e. The maximum atomic E-state index is 12.3. The number of carbonyl (C=O) groups is 4. The molecule has 0 saturated carbocycles. The monoisotopic (exact) mass is 357 g/mol. The van der Waals surface area contributed by atoms with Gasteiger partial charge in [-0.15, -0.1) is 0 Å². The Kier molecular flexibility index (Phi) is 5.56. The first-order valence-corrected chi connectivity index (χ1v) is 7.77. The summed E-state index contributed by atoms with van der Waals surface area (Å²) in [4.78, 5) is 49.6. The molecular formula is C18H19N3O5. The van der Waals surface area contributed by atoms with E-state index in [0.717, 1.165) is 0 Å². The zero-order chi connectivity index (χ0) is 19.4. The van der Waals surface area contributed by atoms with Crippen LogP contribution in [0.4, 0.5) is 10.5 Å². The number of H-pyrrole nitrogens is 1. The molecule has 0 unspecified atom stereocenters. The van der Waals surface area contributed by atoms with Crippen LogP contribution >= 0.6 is 0 Å². The van der Waals surface area contributed by atoms with Crippen LogP contribution in [0.1, 0.15) is 49.4 Å². The van der Waals surface area contributed by atoms with Crippen molar-refractivity contribution in [2.45, 2.75) is 20.8 Å². The number of benzene rings is 1. The van der Waals surface area contributed by atoms with Crippen LogP contribution in [0.15, 0.2) is 24.3 Å². The summed E-state index contributed by atoms with van der Waals surface area (Å²) in [7, 11) is 0. The topological polar surface area (TPSA) is 131 Å². The van der Waals surface area contributed by atoms with E-state index in [2.05, 4.69) is 10.3 Å². The summed E-state index contributed by atoms with van der Waals surface area (Å²) >= 11 is 0. The number of ether oxygens (including phenoxy) is 1. The fourth-order valence-electron chi connectivity index (χ4n) is 2.68. The SMILES string of the molecule is CC(=O)c1c(C)[nH]c(C(=O)COC(=O)c2ccc(NC(N)=O)cc2)c1C. The van der Waals surface area contributed by atoms with Gasteiger partial charge < -0.3 is 20.8 Å². The molecule has 0 aliphatic heterocycles. The number of rotatable bonds is 6. The van der Waals surface area contributed by atoms with E-state index in [-0.39, 0.29) is 17.0 Å². The number of nitrogens with one attached hydrogen (secondary N) is 2. The van der Waals surface area contributed by atoms with E-state index in [1.165, 1.54) is 31.2 Å². The van der Waals surface area contributed by atoms with Gasteiger partial charge in [-0.05, 0) is 50.6 Å². The van der Waals surface area contributed by atoms with Crippen molar-refractivity contribution in [2.75, 3.05) is 11.9 Å². The number of carbonyl (C=O) groups excluding carboxylic acids is 4. The molecule has 0 aliphatic rings. The first-order chi connectivity index (χ1) is 12.2. The van der Waals surface area contributed by atoms with Gasteiger partial charge in [-0.2, -0.15) is 0 Å². The number of esters is 1. The number of amides is 2. The molecule has 0 saturated heterocycles. The van der Waals surface area contributed by atoms with Crippen LogP contribution in [-0.2, 0) is 4.74 Å². The van der Waals surface area contributed by atoms with Crippen molar-refractivity contribution in [3.63, 3.8) is 0 Å². The number of urea groups is 1. The summed E-state index contributed by atoms with van der Waals surface area (Å²) in [6.45, 7) is 4.33. The quantitative estimate of drug-likeness (QED) is 0.539. The average molecular weight is 357 g/mol. The third kappa shape index (κ3) is 4.15. The smallest absolute Gasteiger partial charge is 0.338 e. The van der Waals surface area contributed by atoms with Crippen LogP contribution in [0.2, 0.25) is 0 Å². The lowest BCUT2D eigenvalue weighted by Crippen LogP contribution is -2.19. The number of hydrogen-bond donors (Lipinski definition) is 3. The summed E-state index contributed by atoms with van der Waals surface area (Å²) in [6.07, 6.45) is 0. The van der Waals surface area contributed by atoms with Gasteiger partial charge in [0.1, 0.15) is 0 Å². The van der Waals surface area contributed by atoms with Gasteiger partial charge in [0.25, 0.3) is 0 Å². The van der Waals surface area contributed by atoms with Crippen molar-refractivity contribution >= 4 is 29.3 Å². The maximum Gasteiger partial charge on any atom is 0.338 e. The molecule has 0 bridgehead atoms. The summed E-state index contributed by atoms with van der Waals surface area (Å²) in [5.74, 6) is -1.26. The predicted octanol–water partition coefficient (Wildman–Crippen LogP) is 2.36. The van der Waals surface area contributed by atoms with E-state index in [1.54, 1.807) is 13.8 Å². The van der Waals surface area contributed by atoms with Gasteiger partial charge in [0.2, 0.25) is 5.78 Å². The molecule has 1 heterocycles. The van der Waals surface area contributed by atoms with Crippen LogP contribution < -0.4 is 11.1 Å². The Morgan fingerprint density at radius 2 is 1.73 bits per heavy atom. The molecule has 0 spiro atoms. The first kappa shape index (κ1) is 18.9. The number of anilines is 1. The Morgan fingerprint density at radius 3 is 2.23 bits per heavy atom. The molecule has 2 aromatic rings. The molecule has 0 atom stereocenters. The number of aryl methyl sites for hydroxylation is 1. The summed E-state index contributed by atoms with van der Waals surface area (Å²) < 4.78 is 5.02. The highest BCUT2D eigenvalue weighted by Gasteiger charge is 2.21. The fraction of sp³-hybridized carbons (Fsp3) is 0.222. The van der Waals surface area contributed by atoms with E-state index in [9.17, 15) is 19.2 Å². The fourth-order valence-corrected chi connectivity index (χ4v) is 2.68. The van der Waals surface area contributed by atoms with Gasteiger partial charge in [0, 0.05) is 16.9 Å². The zero-order valence-electron chi connectivity index (χ0n) is 14.6. The Morgan fingerprint density at radius 1 is 1.12 bits per heavy atom. The van der Waals surface area contributed by atoms with Crippen molar-refractivity contribution in [3.05, 3.63) is 52.3 Å². The van der Waals surface area contributed by atoms with Crippen molar-refractivity contribution in [1.29, 1.82) is 0 Å². The molecule has 136 valence electrons. The molecule has 0 fully saturated rings. The average Bonchev–Trinajstić information content (AvgIpc) is 2.87. The van der Waals surface area contributed by atoms with Gasteiger partial charge in [0.05, 0.1) is 11.3 Å². The Hall–Kier alpha value is -3.42. The molecule has 4 N–H and O–H groups in total. The van der Waals surface area contributed by atoms with Gasteiger partial charge in [0.15, 0.2) is 12.4 Å². The summed E-state index contributed by atoms with van der Waals surface area (Å²) in [5.41, 5.74) is 7.51. The highest BCUT2D eigenvalue weighted by Crippen LogP contribution is 2.19. The Bertz CT molecular complexity index is 881. The number of hydrogen-bond acceptors (Lipinski definition) is 5. The Balaban J connectivity index is 2.03. The Labute approximate surface area is 149 Å². The molecule has 0 radical (unpaired) electrons. The normalized spacial score (nSPS) is 10.3. The van der Waals surface area contributed by atoms with Crippen molar-refractivity contribution < 1.29 is 23.9 Å². The van der Waals surface area contributed by atoms with Crippen LogP contribution in [-0.4, -0.2) is 35.2 Å². The maximum absolute atomic E-state index is 12.3. The highest BCUT2D eigenvalue weighted by atomic mass is 16.5. The van der Waals surface area contributed by atoms with Gasteiger partial charge in [-0.1, -0.05) is 0 Å². The van der Waals surface area contributed by atoms with Crippen LogP contribution in [0.25, 0.3) is 0 Å². The molecule has 2 amide bonds. The molecule has 2 rings (SSSR count). The highest BCUT2D eigenvalue weighted by molar-refractivity contribution is 6.04. The van der Waals surface area contributed by atoms with Crippen LogP contribution in [0.3, 0.4) is 0 Å². The van der Waals surface area contributed by atoms with E-state index in [0.29, 0.717) is 22.5 Å². The zero-order valence-corrected chi connectivity index (χ0v) is 14.6. The molecule has 8 nitrogen and oxygen atoms in total. The van der Waals surface area contributed by atoms with E-state index < -0.39 is 24.4 Å². The number of nitrogens with two attached hydrogens (primary N) is 1. The number of aromatic nitrogens is 1. The van der Waals surface area contributed by atoms with Crippen LogP contribution in [0, 0.1) is 13.8 Å². The summed E-state index contributed by atoms with van der Waals surface area (Å²) in [5, 5.41) is 2.37. The molecule has 1 aromatic carbocycles. The lowest BCUT2D eigenvalue weighted by molar-refractivity contribution is 0.0473. The molecule has 1 aromatic heterocycles. The molecular weight excluding hydrogens is 338 g/mol. The number of Topliss-reactive ketones (excluding diaryl/α,β-unsaturated/α-hetero) is 2. The van der Waals surface area contributed by atoms with Crippen molar-refractivity contribution in [1.82, 2.24) is 4.98 Å². The minimum absolute atomic E-state index is 0.142. The third-order valence-electron chi connectivity index (χ3n) is 3.79. The number of ketones is 2. The van der Waals surface area contributed by atoms with Crippen molar-refractivity contribution in [2.24, 2.45) is 5.73 Å². The lowest BCUT2D eigenvalue weighted by Gasteiger charge is -2.06. The van der Waals surface area contributed by atoms with Crippen LogP contribution in [0.5, 0.6) is 0 Å². The number of primary amides is 1. The second kappa shape index (κ2) is 7.64. The molecule has 26 heavy (non-hydrogen) atoms. The standard InChI is InChI=1S/C18H19N3O5/c1-9-15(11(3)22)10(2)20-16(9)14(23)8-26-17(24)12-4-6-13(7-5-12)21-18(19)25/h4-7,20H,8H2,1-3H3,(H3,19,21,25). The predicted molar refractivity (Wildman–Crippen MR) is 94.5 cm³/mol. The van der Waals surface area contributed by atoms with E-state index >= 15 is 0 Å². The molecule has 8 heteroatoms. The van der Waals surface area contributed by atoms with Gasteiger partial charge >= 0.3 is 12.0 Å². The lowest BCUT2D eigenvalue weighted by atomic mass is 10.1. The van der Waals surface area contributed by atoms with Gasteiger partial charge in [-0.3, -0.25) is 9.59 Å². The minimum Gasteiger partial charge on any atom is -0.454 e. The van der Waals surface area contributed by atoms with Gasteiger partial charge in [-0.25, -0.2) is 9.59 Å². The third-order valence-corrected chi connectivity index (χ3v) is 3.79. The summed E-state index contributed by atoms with van der Waals surface area (Å²) in [6, 6.07) is 5.14. The first-order valence-electron chi connectivity index (χ1n) is 7.77.